The molecule has 5 heterocycles. The molecule has 0 unspecified atom stereocenters. The third-order valence-corrected chi connectivity index (χ3v) is 3.93. The van der Waals surface area contributed by atoms with Gasteiger partial charge in [0.2, 0.25) is 0 Å². The largest absolute Gasteiger partial charge is 0.338 e. The first kappa shape index (κ1) is 12.9. The van der Waals surface area contributed by atoms with Crippen LogP contribution in [0.2, 0.25) is 0 Å². The number of aromatic nitrogens is 7. The lowest BCUT2D eigenvalue weighted by Crippen LogP contribution is -1.86. The first-order valence-corrected chi connectivity index (χ1v) is 7.43. The topological polar surface area (TPSA) is 96.0 Å². The van der Waals surface area contributed by atoms with Crippen LogP contribution in [0, 0.1) is 0 Å². The Kier molecular flexibility index (Phi) is 2.66. The third-order valence-electron chi connectivity index (χ3n) is 3.93. The Labute approximate surface area is 135 Å². The predicted octanol–water partition coefficient (Wildman–Crippen LogP) is 2.96. The molecule has 0 saturated carbocycles. The maximum Gasteiger partial charge on any atom is 0.181 e. The van der Waals surface area contributed by atoms with Crippen molar-refractivity contribution >= 4 is 22.1 Å². The van der Waals surface area contributed by atoms with Crippen molar-refractivity contribution in [3.8, 4) is 22.6 Å². The van der Waals surface area contributed by atoms with Crippen LogP contribution in [-0.4, -0.2) is 35.1 Å². The van der Waals surface area contributed by atoms with Crippen molar-refractivity contribution in [2.24, 2.45) is 0 Å². The van der Waals surface area contributed by atoms with Crippen molar-refractivity contribution in [3.05, 3.63) is 55.2 Å². The Balaban J connectivity index is 1.71. The predicted molar refractivity (Wildman–Crippen MR) is 90.0 cm³/mol. The standard InChI is InChI=1S/C17H11N7/c1-2-10-7-13(22-16(10)20-3-1)15-12-6-11(8-21-17(12)24-23-15)14-9-18-4-5-19-14/h1-9H,(H,20,22)(H,21,23,24). The molecule has 7 nitrogen and oxygen atoms in total. The molecule has 7 heteroatoms. The van der Waals surface area contributed by atoms with Crippen LogP contribution < -0.4 is 0 Å². The van der Waals surface area contributed by atoms with Crippen LogP contribution in [-0.2, 0) is 0 Å². The molecule has 2 N–H and O–H groups in total. The summed E-state index contributed by atoms with van der Waals surface area (Å²) in [5, 5.41) is 9.32. The summed E-state index contributed by atoms with van der Waals surface area (Å²) in [7, 11) is 0. The minimum absolute atomic E-state index is 0.657. The van der Waals surface area contributed by atoms with Crippen molar-refractivity contribution in [3.63, 3.8) is 0 Å². The van der Waals surface area contributed by atoms with Gasteiger partial charge in [-0.1, -0.05) is 0 Å². The molecule has 0 aliphatic rings. The fourth-order valence-corrected chi connectivity index (χ4v) is 2.79. The van der Waals surface area contributed by atoms with Crippen molar-refractivity contribution in [2.45, 2.75) is 0 Å². The van der Waals surface area contributed by atoms with Gasteiger partial charge in [0, 0.05) is 41.1 Å². The number of hydrogen-bond acceptors (Lipinski definition) is 5. The highest BCUT2D eigenvalue weighted by Gasteiger charge is 2.13. The van der Waals surface area contributed by atoms with Gasteiger partial charge in [0.15, 0.2) is 5.65 Å². The van der Waals surface area contributed by atoms with E-state index in [4.69, 9.17) is 0 Å². The lowest BCUT2D eigenvalue weighted by Gasteiger charge is -2.00. The van der Waals surface area contributed by atoms with Gasteiger partial charge in [-0.3, -0.25) is 15.1 Å². The fraction of sp³-hybridized carbons (Fsp3) is 0. The molecule has 0 atom stereocenters. The van der Waals surface area contributed by atoms with E-state index >= 15 is 0 Å². The van der Waals surface area contributed by atoms with Gasteiger partial charge in [0.25, 0.3) is 0 Å². The first-order valence-electron chi connectivity index (χ1n) is 7.43. The number of nitrogens with one attached hydrogen (secondary N) is 2. The molecular formula is C17H11N7. The Morgan fingerprint density at radius 3 is 2.79 bits per heavy atom. The van der Waals surface area contributed by atoms with E-state index < -0.39 is 0 Å². The van der Waals surface area contributed by atoms with Crippen molar-refractivity contribution < 1.29 is 0 Å². The van der Waals surface area contributed by atoms with E-state index in [0.717, 1.165) is 39.1 Å². The van der Waals surface area contributed by atoms with Crippen molar-refractivity contribution in [1.82, 2.24) is 35.1 Å². The summed E-state index contributed by atoms with van der Waals surface area (Å²) in [6, 6.07) is 8.00. The van der Waals surface area contributed by atoms with Gasteiger partial charge in [-0.05, 0) is 24.3 Å². The summed E-state index contributed by atoms with van der Waals surface area (Å²) >= 11 is 0. The highest BCUT2D eigenvalue weighted by molar-refractivity contribution is 5.95. The summed E-state index contributed by atoms with van der Waals surface area (Å²) in [5.74, 6) is 0. The molecule has 114 valence electrons. The smallest absolute Gasteiger partial charge is 0.181 e. The number of hydrogen-bond donors (Lipinski definition) is 2. The van der Waals surface area contributed by atoms with Crippen LogP contribution in [0.25, 0.3) is 44.7 Å². The zero-order valence-electron chi connectivity index (χ0n) is 12.4. The van der Waals surface area contributed by atoms with Crippen LogP contribution in [0.15, 0.2) is 55.2 Å². The monoisotopic (exact) mass is 313 g/mol. The van der Waals surface area contributed by atoms with Gasteiger partial charge in [-0.2, -0.15) is 5.10 Å². The molecule has 0 aliphatic carbocycles. The van der Waals surface area contributed by atoms with Crippen LogP contribution in [0.3, 0.4) is 0 Å². The highest BCUT2D eigenvalue weighted by atomic mass is 15.2. The number of nitrogens with zero attached hydrogens (tertiary/aromatic N) is 5. The van der Waals surface area contributed by atoms with E-state index in [1.165, 1.54) is 0 Å². The van der Waals surface area contributed by atoms with E-state index in [-0.39, 0.29) is 0 Å². The van der Waals surface area contributed by atoms with E-state index in [2.05, 4.69) is 35.1 Å². The zero-order chi connectivity index (χ0) is 15.9. The normalized spacial score (nSPS) is 11.3. The second kappa shape index (κ2) is 4.95. The molecule has 0 amide bonds. The van der Waals surface area contributed by atoms with Gasteiger partial charge in [-0.25, -0.2) is 9.97 Å². The van der Waals surface area contributed by atoms with Gasteiger partial charge < -0.3 is 4.98 Å². The maximum absolute atomic E-state index is 4.42. The van der Waals surface area contributed by atoms with Crippen molar-refractivity contribution in [2.75, 3.05) is 0 Å². The lowest BCUT2D eigenvalue weighted by molar-refractivity contribution is 1.10. The molecule has 5 rings (SSSR count). The lowest BCUT2D eigenvalue weighted by atomic mass is 10.1. The number of fused-ring (bicyclic) bond motifs is 2. The molecule has 0 fully saturated rings. The van der Waals surface area contributed by atoms with Gasteiger partial charge in [-0.15, -0.1) is 0 Å². The average Bonchev–Trinajstić information content (AvgIpc) is 3.25. The number of pyridine rings is 2. The van der Waals surface area contributed by atoms with Gasteiger partial charge >= 0.3 is 0 Å². The minimum atomic E-state index is 0.657. The van der Waals surface area contributed by atoms with E-state index in [1.807, 2.05) is 24.3 Å². The average molecular weight is 313 g/mol. The molecule has 0 radical (unpaired) electrons. The number of aromatic amines is 2. The van der Waals surface area contributed by atoms with E-state index in [9.17, 15) is 0 Å². The molecule has 5 aromatic rings. The summed E-state index contributed by atoms with van der Waals surface area (Å²) in [6.45, 7) is 0. The Morgan fingerprint density at radius 1 is 0.917 bits per heavy atom. The van der Waals surface area contributed by atoms with Gasteiger partial charge in [0.05, 0.1) is 23.3 Å². The number of rotatable bonds is 2. The zero-order valence-corrected chi connectivity index (χ0v) is 12.4. The van der Waals surface area contributed by atoms with Crippen LogP contribution >= 0.6 is 0 Å². The van der Waals surface area contributed by atoms with Crippen LogP contribution in [0.5, 0.6) is 0 Å². The third kappa shape index (κ3) is 1.95. The summed E-state index contributed by atoms with van der Waals surface area (Å²) in [5.41, 5.74) is 4.97. The Hall–Kier alpha value is -3.61. The maximum atomic E-state index is 4.42. The molecule has 0 saturated heterocycles. The molecule has 0 bridgehead atoms. The molecule has 0 aliphatic heterocycles. The van der Waals surface area contributed by atoms with E-state index in [1.54, 1.807) is 31.0 Å². The van der Waals surface area contributed by atoms with Crippen LogP contribution in [0.1, 0.15) is 0 Å². The molecule has 0 spiro atoms. The summed E-state index contributed by atoms with van der Waals surface area (Å²) < 4.78 is 0. The Morgan fingerprint density at radius 2 is 1.92 bits per heavy atom. The quantitative estimate of drug-likeness (QED) is 0.522. The Bertz CT molecular complexity index is 1120. The highest BCUT2D eigenvalue weighted by Crippen LogP contribution is 2.29. The second-order valence-electron chi connectivity index (χ2n) is 5.41. The second-order valence-corrected chi connectivity index (χ2v) is 5.41. The van der Waals surface area contributed by atoms with Crippen LogP contribution in [0.4, 0.5) is 0 Å². The first-order chi connectivity index (χ1) is 11.9. The molecular weight excluding hydrogens is 302 g/mol. The SMILES string of the molecule is c1cnc2[nH]c(-c3[nH]nc4ncc(-c5cnccn5)cc34)cc2c1. The molecule has 5 aromatic heterocycles. The van der Waals surface area contributed by atoms with Gasteiger partial charge in [0.1, 0.15) is 5.65 Å². The molecule has 0 aromatic carbocycles. The molecule has 24 heavy (non-hydrogen) atoms. The fourth-order valence-electron chi connectivity index (χ4n) is 2.79. The van der Waals surface area contributed by atoms with Crippen molar-refractivity contribution in [1.29, 1.82) is 0 Å². The van der Waals surface area contributed by atoms with E-state index in [0.29, 0.717) is 5.65 Å². The summed E-state index contributed by atoms with van der Waals surface area (Å²) in [4.78, 5) is 20.5. The summed E-state index contributed by atoms with van der Waals surface area (Å²) in [6.07, 6.45) is 8.55. The number of H-pyrrole nitrogens is 2. The minimum Gasteiger partial charge on any atom is -0.338 e.